The number of hydrogen-bond acceptors (Lipinski definition) is 4. The number of nitrogens with one attached hydrogen (secondary N) is 1. The van der Waals surface area contributed by atoms with Gasteiger partial charge in [-0.3, -0.25) is 0 Å². The Bertz CT molecular complexity index is 533. The van der Waals surface area contributed by atoms with Crippen LogP contribution in [0.2, 0.25) is 0 Å². The van der Waals surface area contributed by atoms with E-state index < -0.39 is 39.0 Å². The van der Waals surface area contributed by atoms with Gasteiger partial charge in [-0.15, -0.1) is 0 Å². The van der Waals surface area contributed by atoms with Crippen molar-refractivity contribution in [3.8, 4) is 0 Å². The zero-order chi connectivity index (χ0) is 20.0. The SMILES string of the molecule is CC(C1=CCCCC1)N(NC(=O)OCC(Cl)(Cl)Cl)C(=O)OCC(Cl)(Cl)Cl. The van der Waals surface area contributed by atoms with Crippen LogP contribution >= 0.6 is 69.6 Å². The highest BCUT2D eigenvalue weighted by Gasteiger charge is 2.31. The normalized spacial score (nSPS) is 16.3. The van der Waals surface area contributed by atoms with E-state index in [9.17, 15) is 9.59 Å². The summed E-state index contributed by atoms with van der Waals surface area (Å²) in [5.41, 5.74) is 3.24. The lowest BCUT2D eigenvalue weighted by molar-refractivity contribution is 0.0612. The van der Waals surface area contributed by atoms with Gasteiger partial charge in [0, 0.05) is 0 Å². The lowest BCUT2D eigenvalue weighted by Gasteiger charge is -2.31. The van der Waals surface area contributed by atoms with E-state index in [2.05, 4.69) is 5.43 Å². The van der Waals surface area contributed by atoms with Gasteiger partial charge < -0.3 is 9.47 Å². The number of carbonyl (C=O) groups excluding carboxylic acids is 2. The fraction of sp³-hybridized carbons (Fsp3) is 0.714. The van der Waals surface area contributed by atoms with Gasteiger partial charge in [-0.2, -0.15) is 0 Å². The van der Waals surface area contributed by atoms with E-state index in [4.69, 9.17) is 79.1 Å². The predicted molar refractivity (Wildman–Crippen MR) is 104 cm³/mol. The van der Waals surface area contributed by atoms with Gasteiger partial charge in [-0.05, 0) is 38.2 Å². The standard InChI is InChI=1S/C14H18Cl6N2O4/c1-9(10-5-3-2-4-6-10)22(12(24)26-8-14(18,19)20)21-11(23)25-7-13(15,16)17/h5,9H,2-4,6-8H2,1H3,(H,21,23). The smallest absolute Gasteiger partial charge is 0.429 e. The summed E-state index contributed by atoms with van der Waals surface area (Å²) >= 11 is 33.3. The fourth-order valence-electron chi connectivity index (χ4n) is 2.20. The molecule has 1 N–H and O–H groups in total. The molecular weight excluding hydrogens is 473 g/mol. The van der Waals surface area contributed by atoms with Crippen LogP contribution in [0.5, 0.6) is 0 Å². The molecule has 0 spiro atoms. The van der Waals surface area contributed by atoms with E-state index in [0.29, 0.717) is 0 Å². The highest BCUT2D eigenvalue weighted by atomic mass is 35.6. The Morgan fingerprint density at radius 1 is 1.12 bits per heavy atom. The molecule has 0 aromatic carbocycles. The average Bonchev–Trinajstić information content (AvgIpc) is 2.54. The number of allylic oxidation sites excluding steroid dienone is 1. The summed E-state index contributed by atoms with van der Waals surface area (Å²) in [6.07, 6.45) is 3.80. The molecule has 0 aliphatic heterocycles. The summed E-state index contributed by atoms with van der Waals surface area (Å²) < 4.78 is 6.15. The van der Waals surface area contributed by atoms with Gasteiger partial charge in [0.25, 0.3) is 0 Å². The summed E-state index contributed by atoms with van der Waals surface area (Å²) in [5, 5.41) is 0.953. The Labute approximate surface area is 181 Å². The molecule has 26 heavy (non-hydrogen) atoms. The quantitative estimate of drug-likeness (QED) is 0.312. The van der Waals surface area contributed by atoms with E-state index >= 15 is 0 Å². The first-order valence-electron chi connectivity index (χ1n) is 7.61. The number of carbonyl (C=O) groups is 2. The largest absolute Gasteiger partial charge is 0.444 e. The zero-order valence-corrected chi connectivity index (χ0v) is 18.3. The van der Waals surface area contributed by atoms with Gasteiger partial charge in [0.1, 0.15) is 13.2 Å². The monoisotopic (exact) mass is 488 g/mol. The first-order valence-corrected chi connectivity index (χ1v) is 9.87. The van der Waals surface area contributed by atoms with E-state index in [1.54, 1.807) is 6.92 Å². The molecule has 0 saturated heterocycles. The highest BCUT2D eigenvalue weighted by molar-refractivity contribution is 6.68. The van der Waals surface area contributed by atoms with Crippen LogP contribution in [0.15, 0.2) is 11.6 Å². The molecule has 12 heteroatoms. The zero-order valence-electron chi connectivity index (χ0n) is 13.7. The van der Waals surface area contributed by atoms with Crippen molar-refractivity contribution in [2.45, 2.75) is 46.2 Å². The maximum Gasteiger partial charge on any atom is 0.429 e. The van der Waals surface area contributed by atoms with Crippen molar-refractivity contribution in [3.63, 3.8) is 0 Å². The van der Waals surface area contributed by atoms with Crippen molar-refractivity contribution in [1.82, 2.24) is 10.4 Å². The van der Waals surface area contributed by atoms with Crippen molar-refractivity contribution >= 4 is 81.8 Å². The molecule has 1 unspecified atom stereocenters. The Kier molecular flexibility index (Phi) is 9.75. The van der Waals surface area contributed by atoms with Gasteiger partial charge in [-0.1, -0.05) is 75.7 Å². The summed E-state index contributed by atoms with van der Waals surface area (Å²) in [6.45, 7) is 0.726. The minimum Gasteiger partial charge on any atom is -0.444 e. The van der Waals surface area contributed by atoms with Gasteiger partial charge >= 0.3 is 12.2 Å². The number of ether oxygens (including phenoxy) is 2. The third-order valence-electron chi connectivity index (χ3n) is 3.38. The number of amides is 2. The molecule has 1 aliphatic carbocycles. The molecule has 150 valence electrons. The minimum absolute atomic E-state index is 0.496. The van der Waals surface area contributed by atoms with E-state index in [0.717, 1.165) is 36.3 Å². The first-order chi connectivity index (χ1) is 11.9. The number of nitrogens with zero attached hydrogens (tertiary/aromatic N) is 1. The molecular formula is C14H18Cl6N2O4. The van der Waals surface area contributed by atoms with Gasteiger partial charge in [0.2, 0.25) is 7.59 Å². The van der Waals surface area contributed by atoms with Crippen molar-refractivity contribution in [2.24, 2.45) is 0 Å². The van der Waals surface area contributed by atoms with Gasteiger partial charge in [0.05, 0.1) is 6.04 Å². The lowest BCUT2D eigenvalue weighted by Crippen LogP contribution is -2.52. The van der Waals surface area contributed by atoms with Crippen LogP contribution in [0.3, 0.4) is 0 Å². The molecule has 1 atom stereocenters. The number of hydrazine groups is 1. The summed E-state index contributed by atoms with van der Waals surface area (Å²) in [4.78, 5) is 24.3. The Morgan fingerprint density at radius 2 is 1.69 bits per heavy atom. The average molecular weight is 491 g/mol. The Morgan fingerprint density at radius 3 is 2.19 bits per heavy atom. The van der Waals surface area contributed by atoms with Crippen molar-refractivity contribution < 1.29 is 19.1 Å². The molecule has 0 aromatic rings. The number of alkyl halides is 6. The molecule has 0 bridgehead atoms. The van der Waals surface area contributed by atoms with E-state index in [-0.39, 0.29) is 0 Å². The van der Waals surface area contributed by atoms with Gasteiger partial charge in [0.15, 0.2) is 0 Å². The second-order valence-corrected chi connectivity index (χ2v) is 10.6. The van der Waals surface area contributed by atoms with Crippen LogP contribution in [0, 0.1) is 0 Å². The Balaban J connectivity index is 2.81. The van der Waals surface area contributed by atoms with E-state index in [1.807, 2.05) is 6.08 Å². The van der Waals surface area contributed by atoms with Crippen LogP contribution in [0.4, 0.5) is 9.59 Å². The predicted octanol–water partition coefficient (Wildman–Crippen LogP) is 5.70. The number of rotatable bonds is 4. The minimum atomic E-state index is -1.79. The molecule has 0 heterocycles. The van der Waals surface area contributed by atoms with Crippen LogP contribution < -0.4 is 5.43 Å². The molecule has 0 saturated carbocycles. The molecule has 6 nitrogen and oxygen atoms in total. The Hall–Kier alpha value is 0.0200. The molecule has 1 aliphatic rings. The molecule has 0 aromatic heterocycles. The van der Waals surface area contributed by atoms with Crippen molar-refractivity contribution in [1.29, 1.82) is 0 Å². The number of halogens is 6. The van der Waals surface area contributed by atoms with Crippen LogP contribution in [0.1, 0.15) is 32.6 Å². The molecule has 0 radical (unpaired) electrons. The first kappa shape index (κ1) is 24.1. The maximum atomic E-state index is 12.4. The lowest BCUT2D eigenvalue weighted by atomic mass is 9.94. The van der Waals surface area contributed by atoms with Crippen molar-refractivity contribution in [3.05, 3.63) is 11.6 Å². The third kappa shape index (κ3) is 9.81. The maximum absolute atomic E-state index is 12.4. The topological polar surface area (TPSA) is 67.9 Å². The highest BCUT2D eigenvalue weighted by Crippen LogP contribution is 2.28. The fourth-order valence-corrected chi connectivity index (χ4v) is 2.53. The summed E-state index contributed by atoms with van der Waals surface area (Å²) in [6, 6.07) is -0.501. The molecule has 0 fully saturated rings. The van der Waals surface area contributed by atoms with Crippen LogP contribution in [0.25, 0.3) is 0 Å². The summed E-state index contributed by atoms with van der Waals surface area (Å²) in [5.74, 6) is 0. The van der Waals surface area contributed by atoms with Crippen LogP contribution in [-0.2, 0) is 9.47 Å². The molecule has 2 amide bonds. The number of hydrogen-bond donors (Lipinski definition) is 1. The second kappa shape index (κ2) is 10.5. The molecule has 1 rings (SSSR count). The van der Waals surface area contributed by atoms with E-state index in [1.165, 1.54) is 0 Å². The third-order valence-corrected chi connectivity index (χ3v) is 4.04. The van der Waals surface area contributed by atoms with Gasteiger partial charge in [-0.25, -0.2) is 20.0 Å². The second-order valence-electron chi connectivity index (χ2n) is 5.54. The summed E-state index contributed by atoms with van der Waals surface area (Å²) in [7, 11) is 0. The van der Waals surface area contributed by atoms with Crippen molar-refractivity contribution in [2.75, 3.05) is 13.2 Å². The van der Waals surface area contributed by atoms with Crippen LogP contribution in [-0.4, -0.2) is 44.0 Å².